The number of anilines is 3. The molecule has 3 N–H and O–H groups in total. The number of rotatable bonds is 9. The van der Waals surface area contributed by atoms with Crippen LogP contribution in [-0.2, 0) is 4.74 Å². The minimum Gasteiger partial charge on any atom is -0.482 e. The number of alkyl halides is 3. The Balaban J connectivity index is 1.53. The molecule has 0 aromatic heterocycles. The second kappa shape index (κ2) is 12.4. The normalized spacial score (nSPS) is 19.5. The Morgan fingerprint density at radius 3 is 2.47 bits per heavy atom. The maximum absolute atomic E-state index is 12.9. The first-order valence-corrected chi connectivity index (χ1v) is 12.8. The highest BCUT2D eigenvalue weighted by molar-refractivity contribution is 5.64. The van der Waals surface area contributed by atoms with E-state index in [2.05, 4.69) is 45.1 Å². The molecule has 4 rings (SSSR count). The second-order valence-corrected chi connectivity index (χ2v) is 9.44. The molecule has 2 heterocycles. The first-order chi connectivity index (χ1) is 18.2. The first kappa shape index (κ1) is 27.7. The summed E-state index contributed by atoms with van der Waals surface area (Å²) >= 11 is 0. The molecule has 10 heteroatoms. The molecule has 1 atom stereocenters. The van der Waals surface area contributed by atoms with E-state index in [9.17, 15) is 13.2 Å². The van der Waals surface area contributed by atoms with Crippen molar-refractivity contribution < 1.29 is 22.6 Å². The summed E-state index contributed by atoms with van der Waals surface area (Å²) in [5.41, 5.74) is 5.75. The van der Waals surface area contributed by atoms with Crippen LogP contribution in [0.25, 0.3) is 0 Å². The molecule has 0 aliphatic carbocycles. The number of halogens is 3. The average Bonchev–Trinajstić information content (AvgIpc) is 2.91. The molecular formula is C28H36F3N5O2. The van der Waals surface area contributed by atoms with Crippen molar-refractivity contribution in [1.29, 1.82) is 0 Å². The lowest BCUT2D eigenvalue weighted by Gasteiger charge is -2.37. The molecular weight excluding hydrogens is 495 g/mol. The van der Waals surface area contributed by atoms with Crippen molar-refractivity contribution >= 4 is 17.1 Å². The van der Waals surface area contributed by atoms with Gasteiger partial charge >= 0.3 is 6.18 Å². The van der Waals surface area contributed by atoms with Gasteiger partial charge in [-0.2, -0.15) is 13.2 Å². The van der Waals surface area contributed by atoms with Crippen LogP contribution in [0.3, 0.4) is 0 Å². The van der Waals surface area contributed by atoms with Crippen molar-refractivity contribution in [3.63, 3.8) is 0 Å². The summed E-state index contributed by atoms with van der Waals surface area (Å²) in [4.78, 5) is 4.27. The minimum absolute atomic E-state index is 0.164. The van der Waals surface area contributed by atoms with E-state index in [0.717, 1.165) is 49.0 Å². The van der Waals surface area contributed by atoms with Crippen molar-refractivity contribution in [2.75, 3.05) is 68.2 Å². The monoisotopic (exact) mass is 531 g/mol. The van der Waals surface area contributed by atoms with E-state index in [1.54, 1.807) is 24.3 Å². The summed E-state index contributed by atoms with van der Waals surface area (Å²) < 4.78 is 49.2. The third-order valence-corrected chi connectivity index (χ3v) is 6.55. The highest BCUT2D eigenvalue weighted by atomic mass is 19.4. The molecule has 38 heavy (non-hydrogen) atoms. The second-order valence-electron chi connectivity index (χ2n) is 9.44. The van der Waals surface area contributed by atoms with Gasteiger partial charge in [0.1, 0.15) is 5.75 Å². The van der Waals surface area contributed by atoms with Crippen LogP contribution < -0.4 is 30.5 Å². The molecule has 206 valence electrons. The number of para-hydroxylation sites is 2. The van der Waals surface area contributed by atoms with Crippen molar-refractivity contribution in [2.24, 2.45) is 0 Å². The Labute approximate surface area is 222 Å². The third-order valence-electron chi connectivity index (χ3n) is 6.55. The predicted molar refractivity (Wildman–Crippen MR) is 146 cm³/mol. The number of allylic oxidation sites excluding steroid dienone is 1. The zero-order valence-electron chi connectivity index (χ0n) is 22.1. The number of ether oxygens (including phenoxy) is 2. The molecule has 2 aliphatic rings. The molecule has 1 saturated heterocycles. The number of benzene rings is 2. The molecule has 0 saturated carbocycles. The fraction of sp³-hybridized carbons (Fsp3) is 0.429. The van der Waals surface area contributed by atoms with Gasteiger partial charge in [0.15, 0.2) is 6.61 Å². The Morgan fingerprint density at radius 2 is 1.79 bits per heavy atom. The lowest BCUT2D eigenvalue weighted by molar-refractivity contribution is -0.153. The highest BCUT2D eigenvalue weighted by Gasteiger charge is 2.31. The summed E-state index contributed by atoms with van der Waals surface area (Å²) in [6, 6.07) is 15.1. The van der Waals surface area contributed by atoms with E-state index in [4.69, 9.17) is 9.47 Å². The summed E-state index contributed by atoms with van der Waals surface area (Å²) in [5, 5.41) is 10.3. The van der Waals surface area contributed by atoms with Crippen molar-refractivity contribution in [2.45, 2.75) is 26.1 Å². The van der Waals surface area contributed by atoms with Gasteiger partial charge in [-0.3, -0.25) is 0 Å². The Morgan fingerprint density at radius 1 is 1.08 bits per heavy atom. The van der Waals surface area contributed by atoms with E-state index < -0.39 is 12.8 Å². The number of hydrogen-bond donors (Lipinski definition) is 3. The van der Waals surface area contributed by atoms with Gasteiger partial charge in [-0.25, -0.2) is 0 Å². The van der Waals surface area contributed by atoms with Crippen LogP contribution in [0.4, 0.5) is 30.2 Å². The van der Waals surface area contributed by atoms with Gasteiger partial charge in [-0.1, -0.05) is 12.1 Å². The number of nitrogens with one attached hydrogen (secondary N) is 3. The Hall–Kier alpha value is -3.37. The van der Waals surface area contributed by atoms with Crippen molar-refractivity contribution in [3.05, 3.63) is 71.7 Å². The molecule has 2 aromatic rings. The van der Waals surface area contributed by atoms with Crippen molar-refractivity contribution in [1.82, 2.24) is 10.6 Å². The highest BCUT2D eigenvalue weighted by Crippen LogP contribution is 2.35. The molecule has 1 unspecified atom stereocenters. The summed E-state index contributed by atoms with van der Waals surface area (Å²) in [6.45, 7) is 7.13. The first-order valence-electron chi connectivity index (χ1n) is 12.8. The van der Waals surface area contributed by atoms with Gasteiger partial charge in [-0.15, -0.1) is 0 Å². The Bertz CT molecular complexity index is 1130. The molecule has 7 nitrogen and oxygen atoms in total. The molecule has 0 amide bonds. The topological polar surface area (TPSA) is 61.0 Å². The van der Waals surface area contributed by atoms with Gasteiger partial charge < -0.3 is 35.2 Å². The van der Waals surface area contributed by atoms with E-state index in [1.807, 2.05) is 32.0 Å². The van der Waals surface area contributed by atoms with Crippen molar-refractivity contribution in [3.8, 4) is 5.75 Å². The van der Waals surface area contributed by atoms with E-state index in [1.165, 1.54) is 5.69 Å². The van der Waals surface area contributed by atoms with Crippen LogP contribution in [0.5, 0.6) is 5.75 Å². The molecule has 0 spiro atoms. The zero-order valence-corrected chi connectivity index (χ0v) is 22.1. The van der Waals surface area contributed by atoms with Gasteiger partial charge in [0.05, 0.1) is 24.9 Å². The maximum atomic E-state index is 12.9. The fourth-order valence-corrected chi connectivity index (χ4v) is 4.71. The number of hydrogen-bond acceptors (Lipinski definition) is 7. The van der Waals surface area contributed by atoms with Crippen LogP contribution in [0, 0.1) is 0 Å². The smallest absolute Gasteiger partial charge is 0.422 e. The van der Waals surface area contributed by atoms with Gasteiger partial charge in [-0.05, 0) is 62.9 Å². The molecule has 1 fully saturated rings. The summed E-state index contributed by atoms with van der Waals surface area (Å²) in [7, 11) is 1.89. The quantitative estimate of drug-likeness (QED) is 0.433. The third kappa shape index (κ3) is 7.14. The predicted octanol–water partition coefficient (Wildman–Crippen LogP) is 4.71. The van der Waals surface area contributed by atoms with E-state index in [-0.39, 0.29) is 11.8 Å². The number of morpholine rings is 1. The van der Waals surface area contributed by atoms with Crippen LogP contribution in [0.1, 0.15) is 13.8 Å². The minimum atomic E-state index is -4.41. The van der Waals surface area contributed by atoms with Gasteiger partial charge in [0.25, 0.3) is 0 Å². The van der Waals surface area contributed by atoms with E-state index >= 15 is 0 Å². The van der Waals surface area contributed by atoms with Gasteiger partial charge in [0, 0.05) is 55.1 Å². The molecule has 0 radical (unpaired) electrons. The summed E-state index contributed by atoms with van der Waals surface area (Å²) in [6.07, 6.45) is -2.51. The lowest BCUT2D eigenvalue weighted by atomic mass is 10.0. The molecule has 2 aliphatic heterocycles. The van der Waals surface area contributed by atoms with Crippen LogP contribution in [0.2, 0.25) is 0 Å². The van der Waals surface area contributed by atoms with E-state index in [0.29, 0.717) is 18.8 Å². The maximum Gasteiger partial charge on any atom is 0.422 e. The Kier molecular flexibility index (Phi) is 9.06. The fourth-order valence-electron chi connectivity index (χ4n) is 4.71. The van der Waals surface area contributed by atoms with Crippen LogP contribution in [0.15, 0.2) is 71.7 Å². The standard InChI is InChI=1S/C28H36F3N5O2/c1-20-18-36(25-6-4-5-7-26(25)38-19-28(29,30)31)21(2)27(34-20)22(16-32-3)17-33-23-8-10-24(11-9-23)35-12-14-37-15-13-35/h4-11,18,21,32-34H,12-17,19H2,1-3H3/b27-22+. The number of nitrogens with zero attached hydrogens (tertiary/aromatic N) is 2. The van der Waals surface area contributed by atoms with Crippen LogP contribution in [-0.4, -0.2) is 65.3 Å². The average molecular weight is 532 g/mol. The lowest BCUT2D eigenvalue weighted by Crippen LogP contribution is -2.42. The zero-order chi connectivity index (χ0) is 27.1. The largest absolute Gasteiger partial charge is 0.482 e. The molecule has 0 bridgehead atoms. The molecule has 2 aromatic carbocycles. The SMILES string of the molecule is CNC/C(CNc1ccc(N2CCOCC2)cc1)=C1\NC(C)=CN(c2ccccc2OCC(F)(F)F)C1C. The van der Waals surface area contributed by atoms with Gasteiger partial charge in [0.2, 0.25) is 0 Å². The summed E-state index contributed by atoms with van der Waals surface area (Å²) in [5.74, 6) is 0.190. The number of likely N-dealkylation sites (N-methyl/N-ethyl adjacent to an activating group) is 1. The van der Waals surface area contributed by atoms with Crippen LogP contribution >= 0.6 is 0 Å².